The molecule has 0 amide bonds. The van der Waals surface area contributed by atoms with Crippen molar-refractivity contribution >= 4 is 0 Å². The smallest absolute Gasteiger partial charge is 0.233 e. The van der Waals surface area contributed by atoms with E-state index in [0.717, 1.165) is 24.4 Å². The summed E-state index contributed by atoms with van der Waals surface area (Å²) in [5, 5.41) is 18.8. The van der Waals surface area contributed by atoms with E-state index in [1.807, 2.05) is 35.0 Å². The molecule has 27 heavy (non-hydrogen) atoms. The summed E-state index contributed by atoms with van der Waals surface area (Å²) in [7, 11) is 0. The molecule has 0 saturated heterocycles. The fraction of sp³-hybridized carbons (Fsp3) is 0.381. The molecular weight excluding hydrogens is 340 g/mol. The summed E-state index contributed by atoms with van der Waals surface area (Å²) in [6, 6.07) is 9.11. The van der Waals surface area contributed by atoms with Crippen molar-refractivity contribution in [1.29, 1.82) is 0 Å². The minimum atomic E-state index is 0.155. The third kappa shape index (κ3) is 3.94. The molecule has 0 aliphatic heterocycles. The molecule has 1 aliphatic carbocycles. The van der Waals surface area contributed by atoms with Gasteiger partial charge in [-0.25, -0.2) is 4.98 Å². The van der Waals surface area contributed by atoms with Crippen molar-refractivity contribution in [3.05, 3.63) is 49.1 Å². The Kier molecular flexibility index (Phi) is 5.05. The van der Waals surface area contributed by atoms with Crippen LogP contribution in [-0.4, -0.2) is 31.0 Å². The van der Waals surface area contributed by atoms with Crippen molar-refractivity contribution in [3.63, 3.8) is 0 Å². The van der Waals surface area contributed by atoms with Gasteiger partial charge < -0.3 is 14.4 Å². The van der Waals surface area contributed by atoms with Crippen LogP contribution in [0.3, 0.4) is 0 Å². The highest BCUT2D eigenvalue weighted by Gasteiger charge is 2.25. The standard InChI is InChI=1S/C21H24N4O2/c1-2-3-15-4-6-17(12-15)27-21-9-8-19(23-24-21)18-7-5-16(13-20(18)26)25-11-10-22-14-25/h5,7-11,13-15,17,26H,2-4,6,12H2,1H3/t15-,17+/m1/s1. The van der Waals surface area contributed by atoms with Gasteiger partial charge >= 0.3 is 0 Å². The minimum absolute atomic E-state index is 0.155. The lowest BCUT2D eigenvalue weighted by Crippen LogP contribution is -2.13. The topological polar surface area (TPSA) is 73.1 Å². The molecule has 0 bridgehead atoms. The third-order valence-corrected chi connectivity index (χ3v) is 5.18. The first-order chi connectivity index (χ1) is 13.2. The predicted octanol–water partition coefficient (Wildman–Crippen LogP) is 4.38. The molecule has 1 aromatic carbocycles. The van der Waals surface area contributed by atoms with Crippen molar-refractivity contribution in [2.24, 2.45) is 5.92 Å². The molecule has 6 nitrogen and oxygen atoms in total. The normalized spacial score (nSPS) is 19.3. The zero-order valence-electron chi connectivity index (χ0n) is 15.5. The van der Waals surface area contributed by atoms with E-state index in [-0.39, 0.29) is 11.9 Å². The monoisotopic (exact) mass is 364 g/mol. The molecule has 0 spiro atoms. The maximum Gasteiger partial charge on any atom is 0.233 e. The second-order valence-corrected chi connectivity index (χ2v) is 7.14. The number of hydrogen-bond donors (Lipinski definition) is 1. The fourth-order valence-electron chi connectivity index (χ4n) is 3.81. The Balaban J connectivity index is 1.45. The SMILES string of the molecule is CCC[C@@H]1CC[C@H](Oc2ccc(-c3ccc(-n4ccnc4)cc3O)nn2)C1. The molecule has 1 fully saturated rings. The first-order valence-electron chi connectivity index (χ1n) is 9.55. The molecule has 4 rings (SSSR count). The molecule has 2 atom stereocenters. The molecule has 3 aromatic rings. The van der Waals surface area contributed by atoms with Gasteiger partial charge in [0.05, 0.1) is 17.7 Å². The van der Waals surface area contributed by atoms with Crippen molar-refractivity contribution in [1.82, 2.24) is 19.7 Å². The predicted molar refractivity (Wildman–Crippen MR) is 103 cm³/mol. The Morgan fingerprint density at radius 1 is 1.19 bits per heavy atom. The zero-order chi connectivity index (χ0) is 18.6. The molecule has 1 aliphatic rings. The number of aromatic hydroxyl groups is 1. The summed E-state index contributed by atoms with van der Waals surface area (Å²) in [5.41, 5.74) is 2.10. The maximum absolute atomic E-state index is 10.4. The van der Waals surface area contributed by atoms with E-state index in [2.05, 4.69) is 22.1 Å². The Bertz CT molecular complexity index is 878. The summed E-state index contributed by atoms with van der Waals surface area (Å²) < 4.78 is 7.83. The number of ether oxygens (including phenoxy) is 1. The number of hydrogen-bond acceptors (Lipinski definition) is 5. The van der Waals surface area contributed by atoms with Crippen LogP contribution in [0.2, 0.25) is 0 Å². The second-order valence-electron chi connectivity index (χ2n) is 7.14. The highest BCUT2D eigenvalue weighted by atomic mass is 16.5. The van der Waals surface area contributed by atoms with Crippen molar-refractivity contribution in [3.8, 4) is 28.6 Å². The first kappa shape index (κ1) is 17.5. The molecule has 1 N–H and O–H groups in total. The van der Waals surface area contributed by atoms with Crippen LogP contribution in [0.1, 0.15) is 39.0 Å². The molecule has 2 heterocycles. The van der Waals surface area contributed by atoms with E-state index in [9.17, 15) is 5.11 Å². The molecule has 1 saturated carbocycles. The van der Waals surface area contributed by atoms with Gasteiger partial charge in [0, 0.05) is 30.1 Å². The average molecular weight is 364 g/mol. The van der Waals surface area contributed by atoms with Gasteiger partial charge in [-0.2, -0.15) is 0 Å². The van der Waals surface area contributed by atoms with Crippen LogP contribution >= 0.6 is 0 Å². The minimum Gasteiger partial charge on any atom is -0.507 e. The highest BCUT2D eigenvalue weighted by molar-refractivity contribution is 5.68. The van der Waals surface area contributed by atoms with Gasteiger partial charge in [-0.05, 0) is 43.4 Å². The lowest BCUT2D eigenvalue weighted by molar-refractivity contribution is 0.193. The molecule has 2 aromatic heterocycles. The average Bonchev–Trinajstić information content (AvgIpc) is 3.35. The van der Waals surface area contributed by atoms with E-state index in [1.54, 1.807) is 18.6 Å². The largest absolute Gasteiger partial charge is 0.507 e. The van der Waals surface area contributed by atoms with E-state index in [4.69, 9.17) is 4.74 Å². The van der Waals surface area contributed by atoms with E-state index in [0.29, 0.717) is 17.1 Å². The van der Waals surface area contributed by atoms with E-state index in [1.165, 1.54) is 19.3 Å². The number of phenols is 1. The number of imidazole rings is 1. The quantitative estimate of drug-likeness (QED) is 0.702. The van der Waals surface area contributed by atoms with E-state index >= 15 is 0 Å². The van der Waals surface area contributed by atoms with Crippen LogP contribution in [0.5, 0.6) is 11.6 Å². The van der Waals surface area contributed by atoms with Crippen molar-refractivity contribution < 1.29 is 9.84 Å². The molecule has 6 heteroatoms. The second kappa shape index (κ2) is 7.78. The summed E-state index contributed by atoms with van der Waals surface area (Å²) in [6.07, 6.45) is 11.4. The van der Waals surface area contributed by atoms with E-state index < -0.39 is 0 Å². The van der Waals surface area contributed by atoms with Gasteiger partial charge in [-0.1, -0.05) is 19.8 Å². The number of aromatic nitrogens is 4. The lowest BCUT2D eigenvalue weighted by atomic mass is 10.0. The molecular formula is C21H24N4O2. The summed E-state index contributed by atoms with van der Waals surface area (Å²) >= 11 is 0. The Morgan fingerprint density at radius 2 is 2.11 bits per heavy atom. The summed E-state index contributed by atoms with van der Waals surface area (Å²) in [4.78, 5) is 4.02. The summed E-state index contributed by atoms with van der Waals surface area (Å²) in [6.45, 7) is 2.23. The summed E-state index contributed by atoms with van der Waals surface area (Å²) in [5.74, 6) is 1.48. The Morgan fingerprint density at radius 3 is 2.81 bits per heavy atom. The number of phenolic OH excluding ortho intramolecular Hbond substituents is 1. The zero-order valence-corrected chi connectivity index (χ0v) is 15.5. The lowest BCUT2D eigenvalue weighted by Gasteiger charge is -2.13. The van der Waals surface area contributed by atoms with Crippen LogP contribution in [0, 0.1) is 5.92 Å². The van der Waals surface area contributed by atoms with Gasteiger partial charge in [0.15, 0.2) is 0 Å². The van der Waals surface area contributed by atoms with Crippen molar-refractivity contribution in [2.45, 2.75) is 45.1 Å². The number of benzene rings is 1. The van der Waals surface area contributed by atoms with Crippen LogP contribution in [-0.2, 0) is 0 Å². The van der Waals surface area contributed by atoms with Gasteiger partial charge in [0.1, 0.15) is 11.9 Å². The third-order valence-electron chi connectivity index (χ3n) is 5.18. The molecule has 140 valence electrons. The first-order valence-corrected chi connectivity index (χ1v) is 9.55. The molecule has 0 unspecified atom stereocenters. The van der Waals surface area contributed by atoms with Gasteiger partial charge in [-0.15, -0.1) is 10.2 Å². The number of nitrogens with zero attached hydrogens (tertiary/aromatic N) is 4. The molecule has 0 radical (unpaired) electrons. The van der Waals surface area contributed by atoms with Crippen LogP contribution in [0.15, 0.2) is 49.1 Å². The number of rotatable bonds is 6. The van der Waals surface area contributed by atoms with Gasteiger partial charge in [-0.3, -0.25) is 0 Å². The maximum atomic E-state index is 10.4. The van der Waals surface area contributed by atoms with Crippen LogP contribution in [0.4, 0.5) is 0 Å². The van der Waals surface area contributed by atoms with Crippen LogP contribution in [0.25, 0.3) is 16.9 Å². The fourth-order valence-corrected chi connectivity index (χ4v) is 3.81. The Labute approximate surface area is 158 Å². The van der Waals surface area contributed by atoms with Gasteiger partial charge in [0.25, 0.3) is 0 Å². The Hall–Kier alpha value is -2.89. The van der Waals surface area contributed by atoms with Gasteiger partial charge in [0.2, 0.25) is 5.88 Å². The van der Waals surface area contributed by atoms with Crippen molar-refractivity contribution in [2.75, 3.05) is 0 Å². The highest BCUT2D eigenvalue weighted by Crippen LogP contribution is 2.33. The van der Waals surface area contributed by atoms with Crippen LogP contribution < -0.4 is 4.74 Å².